The summed E-state index contributed by atoms with van der Waals surface area (Å²) in [5.74, 6) is -0.00942. The van der Waals surface area contributed by atoms with Crippen molar-refractivity contribution in [1.82, 2.24) is 10.3 Å². The van der Waals surface area contributed by atoms with Crippen LogP contribution < -0.4 is 16.4 Å². The number of aromatic nitrogens is 1. The lowest BCUT2D eigenvalue weighted by molar-refractivity contribution is -0.119. The van der Waals surface area contributed by atoms with Crippen LogP contribution in [0.3, 0.4) is 0 Å². The lowest BCUT2D eigenvalue weighted by Gasteiger charge is -2.25. The maximum Gasteiger partial charge on any atom is 0.251 e. The number of hydrogen-bond acceptors (Lipinski definition) is 4. The summed E-state index contributed by atoms with van der Waals surface area (Å²) in [5, 5.41) is 5.94. The van der Waals surface area contributed by atoms with Crippen LogP contribution in [0, 0.1) is 0 Å². The van der Waals surface area contributed by atoms with Crippen LogP contribution in [0.4, 0.5) is 5.82 Å². The summed E-state index contributed by atoms with van der Waals surface area (Å²) in [4.78, 5) is 27.8. The Morgan fingerprint density at radius 3 is 2.48 bits per heavy atom. The Morgan fingerprint density at radius 1 is 1.29 bits per heavy atom. The van der Waals surface area contributed by atoms with E-state index in [2.05, 4.69) is 15.6 Å². The van der Waals surface area contributed by atoms with Gasteiger partial charge in [0.15, 0.2) is 0 Å². The molecular formula is C15H24N4O2. The molecule has 4 N–H and O–H groups in total. The Kier molecular flexibility index (Phi) is 5.69. The molecular weight excluding hydrogens is 268 g/mol. The highest BCUT2D eigenvalue weighted by Gasteiger charge is 2.24. The molecule has 0 aliphatic heterocycles. The first kappa shape index (κ1) is 16.9. The van der Waals surface area contributed by atoms with Crippen molar-refractivity contribution in [3.63, 3.8) is 0 Å². The topological polar surface area (TPSA) is 97.1 Å². The van der Waals surface area contributed by atoms with Gasteiger partial charge in [0.05, 0.1) is 0 Å². The Balaban J connectivity index is 2.95. The number of pyridine rings is 1. The summed E-state index contributed by atoms with van der Waals surface area (Å²) in [6.45, 7) is 8.22. The third-order valence-corrected chi connectivity index (χ3v) is 2.93. The fourth-order valence-electron chi connectivity index (χ4n) is 2.03. The van der Waals surface area contributed by atoms with Crippen molar-refractivity contribution < 1.29 is 9.59 Å². The fraction of sp³-hybridized carbons (Fsp3) is 0.533. The highest BCUT2D eigenvalue weighted by Crippen LogP contribution is 2.14. The summed E-state index contributed by atoms with van der Waals surface area (Å²) >= 11 is 0. The number of primary amides is 1. The van der Waals surface area contributed by atoms with Gasteiger partial charge in [-0.25, -0.2) is 4.98 Å². The molecule has 0 saturated carbocycles. The van der Waals surface area contributed by atoms with E-state index in [-0.39, 0.29) is 12.3 Å². The number of nitrogens with two attached hydrogens (primary N) is 1. The lowest BCUT2D eigenvalue weighted by Crippen LogP contribution is -2.46. The van der Waals surface area contributed by atoms with Gasteiger partial charge in [-0.05, 0) is 39.3 Å². The average Bonchev–Trinajstić information content (AvgIpc) is 2.36. The van der Waals surface area contributed by atoms with E-state index in [0.29, 0.717) is 11.4 Å². The normalized spacial score (nSPS) is 11.0. The molecule has 0 aliphatic rings. The first-order valence-corrected chi connectivity index (χ1v) is 7.13. The first-order chi connectivity index (χ1) is 9.77. The monoisotopic (exact) mass is 292 g/mol. The van der Waals surface area contributed by atoms with Crippen LogP contribution in [-0.4, -0.2) is 28.9 Å². The molecule has 1 aromatic heterocycles. The maximum absolute atomic E-state index is 12.3. The molecule has 0 unspecified atom stereocenters. The van der Waals surface area contributed by atoms with Gasteiger partial charge in [-0.1, -0.05) is 6.92 Å². The molecule has 0 fully saturated rings. The van der Waals surface area contributed by atoms with Gasteiger partial charge in [0.2, 0.25) is 5.91 Å². The van der Waals surface area contributed by atoms with E-state index < -0.39 is 11.4 Å². The SMILES string of the molecule is CCNc1cc(C(=O)NC(C)(C)CC(N)=O)cc(CC)n1. The summed E-state index contributed by atoms with van der Waals surface area (Å²) < 4.78 is 0. The Bertz CT molecular complexity index is 526. The highest BCUT2D eigenvalue weighted by molar-refractivity contribution is 5.95. The van der Waals surface area contributed by atoms with Crippen molar-refractivity contribution in [2.24, 2.45) is 5.73 Å². The number of amides is 2. The van der Waals surface area contributed by atoms with E-state index in [4.69, 9.17) is 5.73 Å². The van der Waals surface area contributed by atoms with Crippen LogP contribution in [0.15, 0.2) is 12.1 Å². The molecule has 0 spiro atoms. The minimum Gasteiger partial charge on any atom is -0.370 e. The molecule has 0 aliphatic carbocycles. The van der Waals surface area contributed by atoms with Crippen LogP contribution in [0.1, 0.15) is 50.2 Å². The largest absolute Gasteiger partial charge is 0.370 e. The summed E-state index contributed by atoms with van der Waals surface area (Å²) in [6.07, 6.45) is 0.828. The van der Waals surface area contributed by atoms with Crippen molar-refractivity contribution in [3.8, 4) is 0 Å². The number of hydrogen-bond donors (Lipinski definition) is 3. The zero-order valence-corrected chi connectivity index (χ0v) is 13.1. The minimum atomic E-state index is -0.684. The molecule has 0 atom stereocenters. The van der Waals surface area contributed by atoms with Crippen LogP contribution >= 0.6 is 0 Å². The highest BCUT2D eigenvalue weighted by atomic mass is 16.2. The van der Waals surface area contributed by atoms with Crippen molar-refractivity contribution >= 4 is 17.6 Å². The first-order valence-electron chi connectivity index (χ1n) is 7.13. The van der Waals surface area contributed by atoms with Gasteiger partial charge in [-0.2, -0.15) is 0 Å². The number of nitrogens with one attached hydrogen (secondary N) is 2. The van der Waals surface area contributed by atoms with E-state index in [0.717, 1.165) is 18.7 Å². The van der Waals surface area contributed by atoms with Gasteiger partial charge < -0.3 is 16.4 Å². The second-order valence-corrected chi connectivity index (χ2v) is 5.60. The summed E-state index contributed by atoms with van der Waals surface area (Å²) in [7, 11) is 0. The molecule has 21 heavy (non-hydrogen) atoms. The number of aryl methyl sites for hydroxylation is 1. The molecule has 116 valence electrons. The van der Waals surface area contributed by atoms with Gasteiger partial charge in [-0.3, -0.25) is 9.59 Å². The molecule has 6 nitrogen and oxygen atoms in total. The van der Waals surface area contributed by atoms with E-state index in [9.17, 15) is 9.59 Å². The molecule has 0 radical (unpaired) electrons. The number of anilines is 1. The molecule has 0 aromatic carbocycles. The number of carbonyl (C=O) groups excluding carboxylic acids is 2. The third kappa shape index (κ3) is 5.41. The zero-order valence-electron chi connectivity index (χ0n) is 13.1. The second-order valence-electron chi connectivity index (χ2n) is 5.60. The van der Waals surface area contributed by atoms with Gasteiger partial charge in [0, 0.05) is 29.8 Å². The van der Waals surface area contributed by atoms with Crippen LogP contribution in [-0.2, 0) is 11.2 Å². The quantitative estimate of drug-likeness (QED) is 0.708. The van der Waals surface area contributed by atoms with Crippen LogP contribution in [0.5, 0.6) is 0 Å². The molecule has 1 heterocycles. The molecule has 0 saturated heterocycles. The van der Waals surface area contributed by atoms with Crippen molar-refractivity contribution in [1.29, 1.82) is 0 Å². The van der Waals surface area contributed by atoms with Gasteiger partial charge in [0.1, 0.15) is 5.82 Å². The predicted molar refractivity (Wildman–Crippen MR) is 83.1 cm³/mol. The molecule has 1 aromatic rings. The Hall–Kier alpha value is -2.11. The number of rotatable bonds is 7. The molecule has 0 bridgehead atoms. The molecule has 2 amide bonds. The maximum atomic E-state index is 12.3. The number of nitrogens with zero attached hydrogens (tertiary/aromatic N) is 1. The van der Waals surface area contributed by atoms with E-state index in [1.54, 1.807) is 26.0 Å². The Morgan fingerprint density at radius 2 is 1.95 bits per heavy atom. The predicted octanol–water partition coefficient (Wildman–Crippen LogP) is 1.46. The standard InChI is InChI=1S/C15H24N4O2/c1-5-11-7-10(8-13(18-11)17-6-2)14(21)19-15(3,4)9-12(16)20/h7-8H,5-6,9H2,1-4H3,(H2,16,20)(H,17,18)(H,19,21). The van der Waals surface area contributed by atoms with E-state index in [1.807, 2.05) is 13.8 Å². The van der Waals surface area contributed by atoms with Gasteiger partial charge in [0.25, 0.3) is 5.91 Å². The molecule has 6 heteroatoms. The van der Waals surface area contributed by atoms with Crippen LogP contribution in [0.2, 0.25) is 0 Å². The van der Waals surface area contributed by atoms with Crippen LogP contribution in [0.25, 0.3) is 0 Å². The fourth-order valence-corrected chi connectivity index (χ4v) is 2.03. The summed E-state index contributed by atoms with van der Waals surface area (Å²) in [6, 6.07) is 3.47. The second kappa shape index (κ2) is 7.06. The van der Waals surface area contributed by atoms with E-state index >= 15 is 0 Å². The Labute approximate surface area is 125 Å². The van der Waals surface area contributed by atoms with E-state index in [1.165, 1.54) is 0 Å². The minimum absolute atomic E-state index is 0.0878. The van der Waals surface area contributed by atoms with Gasteiger partial charge >= 0.3 is 0 Å². The van der Waals surface area contributed by atoms with Crippen molar-refractivity contribution in [3.05, 3.63) is 23.4 Å². The number of carbonyl (C=O) groups is 2. The lowest BCUT2D eigenvalue weighted by atomic mass is 9.99. The smallest absolute Gasteiger partial charge is 0.251 e. The van der Waals surface area contributed by atoms with Crippen molar-refractivity contribution in [2.75, 3.05) is 11.9 Å². The van der Waals surface area contributed by atoms with Crippen molar-refractivity contribution in [2.45, 2.75) is 46.1 Å². The average molecular weight is 292 g/mol. The van der Waals surface area contributed by atoms with Gasteiger partial charge in [-0.15, -0.1) is 0 Å². The zero-order chi connectivity index (χ0) is 16.0. The molecule has 1 rings (SSSR count). The summed E-state index contributed by atoms with van der Waals surface area (Å²) in [5.41, 5.74) is 5.87. The third-order valence-electron chi connectivity index (χ3n) is 2.93.